The molecule has 2 aliphatic heterocycles. The van der Waals surface area contributed by atoms with E-state index in [1.807, 2.05) is 32.0 Å². The lowest BCUT2D eigenvalue weighted by Crippen LogP contribution is -2.31. The van der Waals surface area contributed by atoms with Crippen molar-refractivity contribution in [1.29, 1.82) is 0 Å². The largest absolute Gasteiger partial charge is 0.485 e. The third kappa shape index (κ3) is 4.00. The number of nitrogens with one attached hydrogen (secondary N) is 1. The zero-order valence-electron chi connectivity index (χ0n) is 18.2. The Labute approximate surface area is 199 Å². The van der Waals surface area contributed by atoms with Gasteiger partial charge in [0.1, 0.15) is 11.9 Å². The monoisotopic (exact) mass is 487 g/mol. The van der Waals surface area contributed by atoms with Crippen LogP contribution >= 0.6 is 22.9 Å². The Morgan fingerprint density at radius 1 is 1.21 bits per heavy atom. The number of hydrogen-bond acceptors (Lipinski definition) is 6. The van der Waals surface area contributed by atoms with E-state index in [9.17, 15) is 14.0 Å². The van der Waals surface area contributed by atoms with Crippen molar-refractivity contribution < 1.29 is 18.7 Å². The first-order valence-electron chi connectivity index (χ1n) is 10.9. The van der Waals surface area contributed by atoms with Gasteiger partial charge in [0.05, 0.1) is 16.3 Å². The Bertz CT molecular complexity index is 1250. The smallest absolute Gasteiger partial charge is 0.230 e. The molecule has 6 nitrogen and oxygen atoms in total. The third-order valence-electron chi connectivity index (χ3n) is 6.21. The number of aromatic nitrogens is 1. The van der Waals surface area contributed by atoms with Crippen LogP contribution in [0.25, 0.3) is 21.3 Å². The van der Waals surface area contributed by atoms with Crippen LogP contribution in [0.3, 0.4) is 0 Å². The fourth-order valence-electron chi connectivity index (χ4n) is 4.50. The molecule has 0 saturated carbocycles. The summed E-state index contributed by atoms with van der Waals surface area (Å²) in [6.07, 6.45) is 0.555. The molecular formula is C24H23ClFN3O3S. The minimum Gasteiger partial charge on any atom is -0.485 e. The molecule has 1 N–H and O–H groups in total. The fraction of sp³-hybridized carbons (Fsp3) is 0.375. The number of fused-ring (bicyclic) bond motifs is 1. The molecule has 2 fully saturated rings. The summed E-state index contributed by atoms with van der Waals surface area (Å²) in [7, 11) is 0. The average molecular weight is 488 g/mol. The van der Waals surface area contributed by atoms with Crippen LogP contribution < -0.4 is 10.1 Å². The van der Waals surface area contributed by atoms with E-state index in [1.54, 1.807) is 12.3 Å². The topological polar surface area (TPSA) is 71.5 Å². The Balaban J connectivity index is 1.59. The summed E-state index contributed by atoms with van der Waals surface area (Å²) in [5, 5.41) is 3.57. The number of amides is 2. The van der Waals surface area contributed by atoms with Gasteiger partial charge in [-0.2, -0.15) is 0 Å². The molecule has 2 saturated heterocycles. The highest BCUT2D eigenvalue weighted by atomic mass is 35.5. The lowest BCUT2D eigenvalue weighted by Gasteiger charge is -2.21. The van der Waals surface area contributed by atoms with Crippen LogP contribution in [0.2, 0.25) is 5.02 Å². The number of likely N-dealkylation sites (tertiary alicyclic amines) is 1. The maximum absolute atomic E-state index is 14.3. The van der Waals surface area contributed by atoms with Gasteiger partial charge < -0.3 is 10.1 Å². The molecule has 0 bridgehead atoms. The van der Waals surface area contributed by atoms with Gasteiger partial charge in [-0.25, -0.2) is 4.39 Å². The van der Waals surface area contributed by atoms with Gasteiger partial charge in [-0.1, -0.05) is 11.6 Å². The molecule has 2 aliphatic rings. The number of imide groups is 1. The van der Waals surface area contributed by atoms with Crippen LogP contribution in [-0.4, -0.2) is 47.1 Å². The van der Waals surface area contributed by atoms with Crippen molar-refractivity contribution in [2.24, 2.45) is 0 Å². The Kier molecular flexibility index (Phi) is 5.84. The first-order chi connectivity index (χ1) is 15.8. The van der Waals surface area contributed by atoms with Crippen LogP contribution in [-0.2, 0) is 9.59 Å². The lowest BCUT2D eigenvalue weighted by molar-refractivity contribution is -0.140. The summed E-state index contributed by atoms with van der Waals surface area (Å²) >= 11 is 7.89. The normalized spacial score (nSPS) is 21.9. The zero-order valence-corrected chi connectivity index (χ0v) is 19.8. The molecule has 1 unspecified atom stereocenters. The van der Waals surface area contributed by atoms with E-state index in [0.29, 0.717) is 17.3 Å². The van der Waals surface area contributed by atoms with Gasteiger partial charge >= 0.3 is 0 Å². The number of benzene rings is 1. The minimum absolute atomic E-state index is 0.148. The van der Waals surface area contributed by atoms with Crippen molar-refractivity contribution in [1.82, 2.24) is 15.2 Å². The van der Waals surface area contributed by atoms with Crippen LogP contribution in [0.4, 0.5) is 4.39 Å². The summed E-state index contributed by atoms with van der Waals surface area (Å²) in [6.45, 7) is 4.46. The summed E-state index contributed by atoms with van der Waals surface area (Å²) in [4.78, 5) is 31.2. The van der Waals surface area contributed by atoms with Gasteiger partial charge in [-0.15, -0.1) is 11.3 Å². The molecule has 3 aromatic rings. The van der Waals surface area contributed by atoms with Crippen molar-refractivity contribution in [3.63, 3.8) is 0 Å². The number of halogens is 2. The fourth-order valence-corrected chi connectivity index (χ4v) is 5.96. The van der Waals surface area contributed by atoms with Crippen LogP contribution in [0.1, 0.15) is 36.2 Å². The summed E-state index contributed by atoms with van der Waals surface area (Å²) in [5.41, 5.74) is 3.21. The van der Waals surface area contributed by atoms with Crippen molar-refractivity contribution in [2.75, 3.05) is 13.1 Å². The number of ether oxygens (including phenoxy) is 1. The standard InChI is InChI=1S/C24H23ClFN3O3S/c1-12-7-14(25)8-16(23(12)32-19-11-27-10-17(19)26)15-5-6-28-18-9-20(33-24(15)18)13(2)29-21(30)3-4-22(29)31/h5-9,13,17,19,27H,3-4,10-11H2,1-2H3/t13?,17-,19+/m0/s1. The lowest BCUT2D eigenvalue weighted by atomic mass is 10.0. The molecule has 0 spiro atoms. The molecule has 33 heavy (non-hydrogen) atoms. The number of alkyl halides is 1. The van der Waals surface area contributed by atoms with E-state index >= 15 is 0 Å². The second-order valence-corrected chi connectivity index (χ2v) is 10.0. The number of carbonyl (C=O) groups excluding carboxylic acids is 2. The van der Waals surface area contributed by atoms with Gasteiger partial charge in [-0.05, 0) is 43.7 Å². The molecule has 0 aliphatic carbocycles. The van der Waals surface area contributed by atoms with Gasteiger partial charge in [0, 0.05) is 53.2 Å². The molecule has 3 atom stereocenters. The second kappa shape index (κ2) is 8.66. The highest BCUT2D eigenvalue weighted by Gasteiger charge is 2.35. The molecule has 2 amide bonds. The van der Waals surface area contributed by atoms with Crippen LogP contribution in [0.5, 0.6) is 5.75 Å². The predicted molar refractivity (Wildman–Crippen MR) is 126 cm³/mol. The van der Waals surface area contributed by atoms with Crippen molar-refractivity contribution in [3.05, 3.63) is 45.9 Å². The first-order valence-corrected chi connectivity index (χ1v) is 12.1. The van der Waals surface area contributed by atoms with E-state index in [0.717, 1.165) is 31.8 Å². The molecule has 1 aromatic carbocycles. The van der Waals surface area contributed by atoms with Gasteiger partial charge in [0.2, 0.25) is 11.8 Å². The van der Waals surface area contributed by atoms with Crippen molar-refractivity contribution in [3.8, 4) is 16.9 Å². The summed E-state index contributed by atoms with van der Waals surface area (Å²) in [5.74, 6) is 0.298. The van der Waals surface area contributed by atoms with E-state index in [2.05, 4.69) is 10.3 Å². The van der Waals surface area contributed by atoms with Crippen molar-refractivity contribution >= 4 is 45.0 Å². The van der Waals surface area contributed by atoms with Crippen LogP contribution in [0.15, 0.2) is 30.5 Å². The van der Waals surface area contributed by atoms with Gasteiger partial charge in [0.25, 0.3) is 0 Å². The average Bonchev–Trinajstić information content (AvgIpc) is 3.48. The Morgan fingerprint density at radius 3 is 2.67 bits per heavy atom. The molecule has 172 valence electrons. The van der Waals surface area contributed by atoms with E-state index < -0.39 is 12.3 Å². The summed E-state index contributed by atoms with van der Waals surface area (Å²) in [6, 6.07) is 7.07. The zero-order chi connectivity index (χ0) is 23.3. The molecular weight excluding hydrogens is 465 g/mol. The second-order valence-electron chi connectivity index (χ2n) is 8.49. The third-order valence-corrected chi connectivity index (χ3v) is 7.75. The number of aryl methyl sites for hydroxylation is 1. The summed E-state index contributed by atoms with van der Waals surface area (Å²) < 4.78 is 21.4. The highest BCUT2D eigenvalue weighted by molar-refractivity contribution is 7.19. The highest BCUT2D eigenvalue weighted by Crippen LogP contribution is 2.43. The van der Waals surface area contributed by atoms with E-state index in [-0.39, 0.29) is 37.2 Å². The van der Waals surface area contributed by atoms with Crippen LogP contribution in [0, 0.1) is 6.92 Å². The Hall–Kier alpha value is -2.55. The van der Waals surface area contributed by atoms with Crippen molar-refractivity contribution in [2.45, 2.75) is 45.0 Å². The van der Waals surface area contributed by atoms with E-state index in [1.165, 1.54) is 16.2 Å². The van der Waals surface area contributed by atoms with Gasteiger partial charge in [-0.3, -0.25) is 19.5 Å². The van der Waals surface area contributed by atoms with Gasteiger partial charge in [0.15, 0.2) is 6.17 Å². The number of pyridine rings is 1. The SMILES string of the molecule is Cc1cc(Cl)cc(-c2ccnc3cc(C(C)N4C(=O)CCC4=O)sc23)c1O[C@@H]1CNC[C@@H]1F. The quantitative estimate of drug-likeness (QED) is 0.522. The number of carbonyl (C=O) groups is 2. The number of rotatable bonds is 5. The number of thiophene rings is 1. The predicted octanol–water partition coefficient (Wildman–Crippen LogP) is 4.82. The molecule has 9 heteroatoms. The molecule has 0 radical (unpaired) electrons. The molecule has 4 heterocycles. The van der Waals surface area contributed by atoms with E-state index in [4.69, 9.17) is 16.3 Å². The number of hydrogen-bond donors (Lipinski definition) is 1. The first kappa shape index (κ1) is 22.3. The minimum atomic E-state index is -1.09. The Morgan fingerprint density at radius 2 is 1.97 bits per heavy atom. The maximum Gasteiger partial charge on any atom is 0.230 e. The number of nitrogens with zero attached hydrogens (tertiary/aromatic N) is 2. The molecule has 5 rings (SSSR count). The maximum atomic E-state index is 14.3. The molecule has 2 aromatic heterocycles.